The third-order valence-electron chi connectivity index (χ3n) is 0.982. The van der Waals surface area contributed by atoms with Gasteiger partial charge < -0.3 is 5.73 Å². The highest BCUT2D eigenvalue weighted by Gasteiger charge is 2.28. The lowest BCUT2D eigenvalue weighted by Crippen LogP contribution is -2.19. The second kappa shape index (κ2) is 6.46. The molecular formula is C7H16F3N. The van der Waals surface area contributed by atoms with Crippen LogP contribution in [0.5, 0.6) is 0 Å². The molecule has 0 radical (unpaired) electrons. The molecule has 1 unspecified atom stereocenters. The average molecular weight is 171 g/mol. The molecule has 0 fully saturated rings. The van der Waals surface area contributed by atoms with Crippen molar-refractivity contribution in [3.8, 4) is 0 Å². The van der Waals surface area contributed by atoms with E-state index in [2.05, 4.69) is 0 Å². The molecule has 4 heteroatoms. The molecule has 0 aromatic carbocycles. The van der Waals surface area contributed by atoms with Crippen LogP contribution in [-0.4, -0.2) is 12.7 Å². The van der Waals surface area contributed by atoms with E-state index in [1.54, 1.807) is 0 Å². The fourth-order valence-corrected chi connectivity index (χ4v) is 0.478. The fraction of sp³-hybridized carbons (Fsp3) is 1.00. The van der Waals surface area contributed by atoms with E-state index < -0.39 is 18.5 Å². The van der Waals surface area contributed by atoms with E-state index in [9.17, 15) is 13.2 Å². The van der Waals surface area contributed by atoms with Gasteiger partial charge in [-0.3, -0.25) is 0 Å². The predicted molar refractivity (Wildman–Crippen MR) is 40.2 cm³/mol. The van der Waals surface area contributed by atoms with Crippen LogP contribution in [0.1, 0.15) is 27.2 Å². The highest BCUT2D eigenvalue weighted by molar-refractivity contribution is 4.58. The number of alkyl halides is 3. The molecule has 0 aliphatic carbocycles. The van der Waals surface area contributed by atoms with Crippen molar-refractivity contribution in [3.05, 3.63) is 0 Å². The van der Waals surface area contributed by atoms with Gasteiger partial charge in [-0.1, -0.05) is 20.8 Å². The lowest BCUT2D eigenvalue weighted by molar-refractivity contribution is -0.142. The summed E-state index contributed by atoms with van der Waals surface area (Å²) in [5, 5.41) is 0. The van der Waals surface area contributed by atoms with Gasteiger partial charge in [0.1, 0.15) is 0 Å². The Morgan fingerprint density at radius 1 is 1.27 bits per heavy atom. The summed E-state index contributed by atoms with van der Waals surface area (Å²) in [6.45, 7) is 5.58. The zero-order valence-electron chi connectivity index (χ0n) is 7.20. The summed E-state index contributed by atoms with van der Waals surface area (Å²) in [4.78, 5) is 0. The molecular weight excluding hydrogens is 155 g/mol. The Morgan fingerprint density at radius 3 is 1.73 bits per heavy atom. The molecule has 0 saturated carbocycles. The summed E-state index contributed by atoms with van der Waals surface area (Å²) in [7, 11) is 0. The highest BCUT2D eigenvalue weighted by Crippen LogP contribution is 2.23. The van der Waals surface area contributed by atoms with E-state index in [4.69, 9.17) is 5.73 Å². The van der Waals surface area contributed by atoms with E-state index in [-0.39, 0.29) is 6.54 Å². The number of rotatable bonds is 2. The van der Waals surface area contributed by atoms with Gasteiger partial charge in [-0.25, -0.2) is 0 Å². The van der Waals surface area contributed by atoms with Gasteiger partial charge in [0.2, 0.25) is 0 Å². The maximum atomic E-state index is 11.4. The summed E-state index contributed by atoms with van der Waals surface area (Å²) < 4.78 is 34.3. The van der Waals surface area contributed by atoms with Crippen LogP contribution in [0, 0.1) is 5.92 Å². The zero-order chi connectivity index (χ0) is 9.49. The monoisotopic (exact) mass is 171 g/mol. The van der Waals surface area contributed by atoms with Gasteiger partial charge in [-0.05, 0) is 12.5 Å². The molecule has 1 atom stereocenters. The van der Waals surface area contributed by atoms with Crippen molar-refractivity contribution in [2.24, 2.45) is 11.7 Å². The number of hydrogen-bond donors (Lipinski definition) is 1. The number of nitrogens with two attached hydrogens (primary N) is 1. The normalized spacial score (nSPS) is 13.4. The molecule has 0 aromatic heterocycles. The largest absolute Gasteiger partial charge is 0.389 e. The van der Waals surface area contributed by atoms with Crippen LogP contribution in [0.2, 0.25) is 0 Å². The minimum Gasteiger partial charge on any atom is -0.330 e. The summed E-state index contributed by atoms with van der Waals surface area (Å²) >= 11 is 0. The van der Waals surface area contributed by atoms with Crippen molar-refractivity contribution in [2.75, 3.05) is 6.54 Å². The lowest BCUT2D eigenvalue weighted by Gasteiger charge is -2.10. The van der Waals surface area contributed by atoms with E-state index in [1.165, 1.54) is 6.92 Å². The van der Waals surface area contributed by atoms with Crippen LogP contribution in [-0.2, 0) is 0 Å². The van der Waals surface area contributed by atoms with Gasteiger partial charge in [0.05, 0.1) is 0 Å². The Bertz CT molecular complexity index is 80.2. The van der Waals surface area contributed by atoms with Crippen molar-refractivity contribution in [3.63, 3.8) is 0 Å². The molecule has 11 heavy (non-hydrogen) atoms. The molecule has 2 N–H and O–H groups in total. The van der Waals surface area contributed by atoms with Crippen LogP contribution in [0.4, 0.5) is 13.2 Å². The first-order valence-electron chi connectivity index (χ1n) is 3.72. The summed E-state index contributed by atoms with van der Waals surface area (Å²) in [5.74, 6) is -0.454. The molecule has 0 amide bonds. The second-order valence-corrected chi connectivity index (χ2v) is 2.16. The van der Waals surface area contributed by atoms with E-state index in [0.717, 1.165) is 0 Å². The van der Waals surface area contributed by atoms with E-state index in [1.807, 2.05) is 13.8 Å². The molecule has 0 bridgehead atoms. The van der Waals surface area contributed by atoms with Gasteiger partial charge in [0.25, 0.3) is 0 Å². The molecule has 0 spiro atoms. The van der Waals surface area contributed by atoms with Gasteiger partial charge in [-0.2, -0.15) is 13.2 Å². The quantitative estimate of drug-likeness (QED) is 0.678. The van der Waals surface area contributed by atoms with Crippen molar-refractivity contribution in [1.82, 2.24) is 0 Å². The Hall–Kier alpha value is -0.250. The van der Waals surface area contributed by atoms with Crippen molar-refractivity contribution >= 4 is 0 Å². The average Bonchev–Trinajstić information content (AvgIpc) is 1.89. The van der Waals surface area contributed by atoms with E-state index >= 15 is 0 Å². The standard InChI is InChI=1S/C5H10F3N.C2H6/c1-4(3-9)2-5(6,7)8;1-2/h4H,2-3,9H2,1H3;1-2H3. The Balaban J connectivity index is 0. The first kappa shape index (κ1) is 13.3. The minimum absolute atomic E-state index is 0.0967. The summed E-state index contributed by atoms with van der Waals surface area (Å²) in [6, 6.07) is 0. The molecule has 0 aromatic rings. The van der Waals surface area contributed by atoms with E-state index in [0.29, 0.717) is 0 Å². The first-order valence-corrected chi connectivity index (χ1v) is 3.72. The van der Waals surface area contributed by atoms with Gasteiger partial charge in [0, 0.05) is 6.42 Å². The fourth-order valence-electron chi connectivity index (χ4n) is 0.478. The molecule has 0 saturated heterocycles. The smallest absolute Gasteiger partial charge is 0.330 e. The van der Waals surface area contributed by atoms with Gasteiger partial charge in [0.15, 0.2) is 0 Å². The van der Waals surface area contributed by atoms with Crippen LogP contribution in [0.25, 0.3) is 0 Å². The predicted octanol–water partition coefficient (Wildman–Crippen LogP) is 2.56. The second-order valence-electron chi connectivity index (χ2n) is 2.16. The van der Waals surface area contributed by atoms with Crippen LogP contribution in [0.15, 0.2) is 0 Å². The topological polar surface area (TPSA) is 26.0 Å². The number of halogens is 3. The van der Waals surface area contributed by atoms with Crippen molar-refractivity contribution in [1.29, 1.82) is 0 Å². The van der Waals surface area contributed by atoms with Crippen LogP contribution >= 0.6 is 0 Å². The molecule has 70 valence electrons. The first-order chi connectivity index (χ1) is 4.95. The molecule has 1 nitrogen and oxygen atoms in total. The molecule has 0 rings (SSSR count). The Morgan fingerprint density at radius 2 is 1.64 bits per heavy atom. The summed E-state index contributed by atoms with van der Waals surface area (Å²) in [6.07, 6.45) is -4.83. The third-order valence-corrected chi connectivity index (χ3v) is 0.982. The minimum atomic E-state index is -4.06. The van der Waals surface area contributed by atoms with Crippen LogP contribution in [0.3, 0.4) is 0 Å². The van der Waals surface area contributed by atoms with Crippen molar-refractivity contribution in [2.45, 2.75) is 33.4 Å². The lowest BCUT2D eigenvalue weighted by atomic mass is 10.1. The van der Waals surface area contributed by atoms with Gasteiger partial charge >= 0.3 is 6.18 Å². The SMILES string of the molecule is CC.CC(CN)CC(F)(F)F. The highest BCUT2D eigenvalue weighted by atomic mass is 19.4. The van der Waals surface area contributed by atoms with Crippen molar-refractivity contribution < 1.29 is 13.2 Å². The zero-order valence-corrected chi connectivity index (χ0v) is 7.20. The Labute approximate surface area is 65.8 Å². The maximum Gasteiger partial charge on any atom is 0.389 e. The Kier molecular flexibility index (Phi) is 7.84. The maximum absolute atomic E-state index is 11.4. The molecule has 0 heterocycles. The molecule has 0 aliphatic heterocycles. The van der Waals surface area contributed by atoms with Crippen LogP contribution < -0.4 is 5.73 Å². The van der Waals surface area contributed by atoms with Gasteiger partial charge in [-0.15, -0.1) is 0 Å². The number of hydrogen-bond acceptors (Lipinski definition) is 1. The molecule has 0 aliphatic rings. The summed E-state index contributed by atoms with van der Waals surface area (Å²) in [5.41, 5.74) is 4.98. The third kappa shape index (κ3) is 12.9.